The molecule has 1 heterocycles. The van der Waals surface area contributed by atoms with Crippen molar-refractivity contribution in [2.24, 2.45) is 5.73 Å². The van der Waals surface area contributed by atoms with Crippen LogP contribution in [0.3, 0.4) is 0 Å². The first-order chi connectivity index (χ1) is 8.22. The molecule has 2 N–H and O–H groups in total. The van der Waals surface area contributed by atoms with E-state index in [9.17, 15) is 4.39 Å². The number of hydrogen-bond acceptors (Lipinski definition) is 3. The molecule has 2 rings (SSSR count). The summed E-state index contributed by atoms with van der Waals surface area (Å²) in [6, 6.07) is 5.43. The molecule has 1 aliphatic rings. The van der Waals surface area contributed by atoms with Gasteiger partial charge < -0.3 is 5.73 Å². The molecule has 1 atom stereocenters. The molecule has 17 heavy (non-hydrogen) atoms. The molecule has 0 amide bonds. The van der Waals surface area contributed by atoms with E-state index in [2.05, 4.69) is 20.8 Å². The minimum Gasteiger partial charge on any atom is -0.329 e. The molecular formula is C12H16BrFN2S. The lowest BCUT2D eigenvalue weighted by Gasteiger charge is -2.34. The third kappa shape index (κ3) is 3.22. The van der Waals surface area contributed by atoms with E-state index in [0.29, 0.717) is 11.0 Å². The van der Waals surface area contributed by atoms with Crippen molar-refractivity contribution in [1.29, 1.82) is 0 Å². The van der Waals surface area contributed by atoms with Gasteiger partial charge in [-0.1, -0.05) is 6.07 Å². The van der Waals surface area contributed by atoms with Crippen LogP contribution in [-0.4, -0.2) is 36.0 Å². The lowest BCUT2D eigenvalue weighted by Crippen LogP contribution is -2.39. The van der Waals surface area contributed by atoms with E-state index in [1.54, 1.807) is 12.1 Å². The number of halogens is 2. The van der Waals surface area contributed by atoms with Gasteiger partial charge in [-0.05, 0) is 33.6 Å². The summed E-state index contributed by atoms with van der Waals surface area (Å²) >= 11 is 5.14. The topological polar surface area (TPSA) is 29.3 Å². The molecule has 1 aromatic rings. The van der Waals surface area contributed by atoms with Crippen molar-refractivity contribution in [1.82, 2.24) is 4.90 Å². The molecule has 0 radical (unpaired) electrons. The Kier molecular flexibility index (Phi) is 4.85. The van der Waals surface area contributed by atoms with Gasteiger partial charge in [0.25, 0.3) is 0 Å². The Labute approximate surface area is 114 Å². The van der Waals surface area contributed by atoms with Crippen LogP contribution in [0.1, 0.15) is 11.6 Å². The van der Waals surface area contributed by atoms with E-state index in [1.807, 2.05) is 17.8 Å². The summed E-state index contributed by atoms with van der Waals surface area (Å²) in [5.41, 5.74) is 6.81. The highest BCUT2D eigenvalue weighted by molar-refractivity contribution is 9.10. The fourth-order valence-electron chi connectivity index (χ4n) is 2.10. The van der Waals surface area contributed by atoms with Crippen molar-refractivity contribution in [2.45, 2.75) is 6.04 Å². The van der Waals surface area contributed by atoms with Gasteiger partial charge in [0, 0.05) is 37.2 Å². The van der Waals surface area contributed by atoms with Gasteiger partial charge in [-0.3, -0.25) is 4.90 Å². The molecule has 0 saturated carbocycles. The zero-order valence-electron chi connectivity index (χ0n) is 9.53. The zero-order chi connectivity index (χ0) is 12.3. The summed E-state index contributed by atoms with van der Waals surface area (Å²) < 4.78 is 14.0. The van der Waals surface area contributed by atoms with Gasteiger partial charge in [0.2, 0.25) is 0 Å². The molecule has 1 saturated heterocycles. The van der Waals surface area contributed by atoms with Gasteiger partial charge in [-0.25, -0.2) is 4.39 Å². The molecule has 1 unspecified atom stereocenters. The summed E-state index contributed by atoms with van der Waals surface area (Å²) in [6.07, 6.45) is 0. The lowest BCUT2D eigenvalue weighted by atomic mass is 10.1. The van der Waals surface area contributed by atoms with Crippen LogP contribution < -0.4 is 5.73 Å². The van der Waals surface area contributed by atoms with E-state index in [4.69, 9.17) is 5.73 Å². The van der Waals surface area contributed by atoms with E-state index in [-0.39, 0.29) is 11.9 Å². The number of nitrogens with zero attached hydrogens (tertiary/aromatic N) is 1. The van der Waals surface area contributed by atoms with Crippen LogP contribution in [0.4, 0.5) is 4.39 Å². The van der Waals surface area contributed by atoms with Crippen LogP contribution in [0, 0.1) is 5.82 Å². The minimum absolute atomic E-state index is 0.137. The second kappa shape index (κ2) is 6.18. The number of hydrogen-bond donors (Lipinski definition) is 1. The fraction of sp³-hybridized carbons (Fsp3) is 0.500. The Morgan fingerprint density at radius 3 is 2.71 bits per heavy atom. The monoisotopic (exact) mass is 318 g/mol. The van der Waals surface area contributed by atoms with Crippen LogP contribution in [-0.2, 0) is 0 Å². The SMILES string of the molecule is NCC(c1ccc(Br)c(F)c1)N1CCSCC1. The van der Waals surface area contributed by atoms with Crippen molar-refractivity contribution in [3.8, 4) is 0 Å². The van der Waals surface area contributed by atoms with Crippen LogP contribution in [0.5, 0.6) is 0 Å². The third-order valence-electron chi connectivity index (χ3n) is 3.04. The van der Waals surface area contributed by atoms with Crippen molar-refractivity contribution in [3.63, 3.8) is 0 Å². The maximum atomic E-state index is 13.5. The number of nitrogens with two attached hydrogens (primary N) is 1. The van der Waals surface area contributed by atoms with Gasteiger partial charge in [-0.2, -0.15) is 11.8 Å². The molecule has 1 fully saturated rings. The fourth-order valence-corrected chi connectivity index (χ4v) is 3.28. The molecule has 5 heteroatoms. The third-order valence-corrected chi connectivity index (χ3v) is 4.62. The van der Waals surface area contributed by atoms with Crippen LogP contribution in [0.25, 0.3) is 0 Å². The van der Waals surface area contributed by atoms with Crippen LogP contribution in [0.2, 0.25) is 0 Å². The van der Waals surface area contributed by atoms with Crippen LogP contribution >= 0.6 is 27.7 Å². The Balaban J connectivity index is 2.18. The summed E-state index contributed by atoms with van der Waals surface area (Å²) in [5, 5.41) is 0. The normalized spacial score (nSPS) is 19.2. The average molecular weight is 319 g/mol. The number of thioether (sulfide) groups is 1. The molecule has 0 bridgehead atoms. The highest BCUT2D eigenvalue weighted by Crippen LogP contribution is 2.26. The van der Waals surface area contributed by atoms with Crippen molar-refractivity contribution >= 4 is 27.7 Å². The second-order valence-corrected chi connectivity index (χ2v) is 6.15. The first kappa shape index (κ1) is 13.3. The number of rotatable bonds is 3. The quantitative estimate of drug-likeness (QED) is 0.929. The molecular weight excluding hydrogens is 303 g/mol. The highest BCUT2D eigenvalue weighted by atomic mass is 79.9. The standard InChI is InChI=1S/C12H16BrFN2S/c13-10-2-1-9(7-11(10)14)12(8-15)16-3-5-17-6-4-16/h1-2,7,12H,3-6,8,15H2. The van der Waals surface area contributed by atoms with E-state index < -0.39 is 0 Å². The number of benzene rings is 1. The molecule has 0 aromatic heterocycles. The minimum atomic E-state index is -0.215. The van der Waals surface area contributed by atoms with E-state index in [0.717, 1.165) is 30.2 Å². The summed E-state index contributed by atoms with van der Waals surface area (Å²) in [6.45, 7) is 2.60. The van der Waals surface area contributed by atoms with Gasteiger partial charge in [0.1, 0.15) is 5.82 Å². The predicted molar refractivity (Wildman–Crippen MR) is 74.8 cm³/mol. The van der Waals surface area contributed by atoms with Gasteiger partial charge in [0.05, 0.1) is 4.47 Å². The predicted octanol–water partition coefficient (Wildman–Crippen LogP) is 2.64. The molecule has 94 valence electrons. The first-order valence-electron chi connectivity index (χ1n) is 5.69. The first-order valence-corrected chi connectivity index (χ1v) is 7.64. The Hall–Kier alpha value is -0.100. The van der Waals surface area contributed by atoms with E-state index in [1.165, 1.54) is 0 Å². The molecule has 1 aliphatic heterocycles. The molecule has 0 spiro atoms. The van der Waals surface area contributed by atoms with Gasteiger partial charge in [-0.15, -0.1) is 0 Å². The van der Waals surface area contributed by atoms with Crippen molar-refractivity contribution in [3.05, 3.63) is 34.1 Å². The Morgan fingerprint density at radius 2 is 2.12 bits per heavy atom. The summed E-state index contributed by atoms with van der Waals surface area (Å²) in [5.74, 6) is 2.05. The second-order valence-electron chi connectivity index (χ2n) is 4.07. The summed E-state index contributed by atoms with van der Waals surface area (Å²) in [4.78, 5) is 2.35. The molecule has 2 nitrogen and oxygen atoms in total. The maximum Gasteiger partial charge on any atom is 0.137 e. The Bertz CT molecular complexity index is 383. The van der Waals surface area contributed by atoms with Gasteiger partial charge in [0.15, 0.2) is 0 Å². The molecule has 0 aliphatic carbocycles. The summed E-state index contributed by atoms with van der Waals surface area (Å²) in [7, 11) is 0. The zero-order valence-corrected chi connectivity index (χ0v) is 11.9. The molecule has 1 aromatic carbocycles. The Morgan fingerprint density at radius 1 is 1.41 bits per heavy atom. The lowest BCUT2D eigenvalue weighted by molar-refractivity contribution is 0.223. The average Bonchev–Trinajstić information content (AvgIpc) is 2.36. The van der Waals surface area contributed by atoms with Gasteiger partial charge >= 0.3 is 0 Å². The maximum absolute atomic E-state index is 13.5. The smallest absolute Gasteiger partial charge is 0.137 e. The highest BCUT2D eigenvalue weighted by Gasteiger charge is 2.21. The van der Waals surface area contributed by atoms with E-state index >= 15 is 0 Å². The largest absolute Gasteiger partial charge is 0.329 e. The van der Waals surface area contributed by atoms with Crippen molar-refractivity contribution in [2.75, 3.05) is 31.1 Å². The van der Waals surface area contributed by atoms with Crippen molar-refractivity contribution < 1.29 is 4.39 Å². The van der Waals surface area contributed by atoms with Crippen LogP contribution in [0.15, 0.2) is 22.7 Å².